The molecular formula is C19H21N5O2S. The molecule has 0 radical (unpaired) electrons. The molecule has 0 aliphatic heterocycles. The molecule has 0 unspecified atom stereocenters. The van der Waals surface area contributed by atoms with Crippen LogP contribution in [-0.4, -0.2) is 29.1 Å². The van der Waals surface area contributed by atoms with Crippen LogP contribution in [0.25, 0.3) is 0 Å². The van der Waals surface area contributed by atoms with Gasteiger partial charge in [-0.15, -0.1) is 11.3 Å². The minimum atomic E-state index is 0.420. The molecule has 1 aliphatic carbocycles. The van der Waals surface area contributed by atoms with Crippen LogP contribution in [0.4, 0.5) is 17.5 Å². The third-order valence-electron chi connectivity index (χ3n) is 4.23. The molecule has 0 bridgehead atoms. The molecule has 0 saturated heterocycles. The van der Waals surface area contributed by atoms with Crippen molar-refractivity contribution in [1.29, 1.82) is 0 Å². The Bertz CT molecular complexity index is 926. The number of methoxy groups -OCH3 is 1. The Kier molecular flexibility index (Phi) is 5.06. The smallest absolute Gasteiger partial charge is 0.229 e. The highest BCUT2D eigenvalue weighted by Crippen LogP contribution is 2.42. The van der Waals surface area contributed by atoms with Gasteiger partial charge in [0.1, 0.15) is 17.4 Å². The Morgan fingerprint density at radius 2 is 2.07 bits per heavy atom. The number of hydrogen-bond acceptors (Lipinski definition) is 8. The van der Waals surface area contributed by atoms with E-state index in [0.717, 1.165) is 16.5 Å². The summed E-state index contributed by atoms with van der Waals surface area (Å²) in [6.45, 7) is 0.420. The molecule has 2 aromatic heterocycles. The molecule has 2 N–H and O–H groups in total. The molecule has 140 valence electrons. The zero-order valence-corrected chi connectivity index (χ0v) is 16.0. The van der Waals surface area contributed by atoms with E-state index in [1.165, 1.54) is 17.7 Å². The lowest BCUT2D eigenvalue weighted by molar-refractivity contribution is 0.284. The summed E-state index contributed by atoms with van der Waals surface area (Å²) in [6.07, 6.45) is 6.23. The van der Waals surface area contributed by atoms with Crippen LogP contribution in [0.15, 0.2) is 36.7 Å². The van der Waals surface area contributed by atoms with Gasteiger partial charge in [-0.3, -0.25) is 0 Å². The van der Waals surface area contributed by atoms with E-state index in [9.17, 15) is 0 Å². The fourth-order valence-corrected chi connectivity index (χ4v) is 3.64. The molecular weight excluding hydrogens is 362 g/mol. The Balaban J connectivity index is 1.47. The van der Waals surface area contributed by atoms with Crippen LogP contribution in [0, 0.1) is 0 Å². The van der Waals surface area contributed by atoms with Crippen LogP contribution < -0.4 is 20.1 Å². The van der Waals surface area contributed by atoms with Crippen molar-refractivity contribution in [3.8, 4) is 11.5 Å². The van der Waals surface area contributed by atoms with Gasteiger partial charge >= 0.3 is 0 Å². The Morgan fingerprint density at radius 3 is 2.85 bits per heavy atom. The van der Waals surface area contributed by atoms with Crippen molar-refractivity contribution in [2.75, 3.05) is 24.8 Å². The summed E-state index contributed by atoms with van der Waals surface area (Å²) in [7, 11) is 3.45. The van der Waals surface area contributed by atoms with Crippen molar-refractivity contribution in [2.24, 2.45) is 0 Å². The van der Waals surface area contributed by atoms with E-state index < -0.39 is 0 Å². The first-order valence-electron chi connectivity index (χ1n) is 8.78. The van der Waals surface area contributed by atoms with Gasteiger partial charge < -0.3 is 20.1 Å². The van der Waals surface area contributed by atoms with Crippen molar-refractivity contribution in [2.45, 2.75) is 25.4 Å². The van der Waals surface area contributed by atoms with Crippen LogP contribution >= 0.6 is 11.3 Å². The minimum Gasteiger partial charge on any atom is -0.493 e. The van der Waals surface area contributed by atoms with Crippen molar-refractivity contribution in [3.63, 3.8) is 0 Å². The maximum absolute atomic E-state index is 5.98. The van der Waals surface area contributed by atoms with Gasteiger partial charge in [-0.25, -0.2) is 9.97 Å². The molecule has 0 atom stereocenters. The van der Waals surface area contributed by atoms with Crippen LogP contribution in [0.2, 0.25) is 0 Å². The zero-order valence-electron chi connectivity index (χ0n) is 15.2. The van der Waals surface area contributed by atoms with E-state index >= 15 is 0 Å². The highest BCUT2D eigenvalue weighted by atomic mass is 32.1. The monoisotopic (exact) mass is 383 g/mol. The fraction of sp³-hybridized carbons (Fsp3) is 0.316. The lowest BCUT2D eigenvalue weighted by Crippen LogP contribution is -2.01. The fourth-order valence-electron chi connectivity index (χ4n) is 2.64. The number of ether oxygens (including phenoxy) is 2. The van der Waals surface area contributed by atoms with Gasteiger partial charge in [-0.2, -0.15) is 4.98 Å². The molecule has 1 aliphatic rings. The van der Waals surface area contributed by atoms with Crippen LogP contribution in [0.3, 0.4) is 0 Å². The Labute approximate surface area is 161 Å². The van der Waals surface area contributed by atoms with Crippen molar-refractivity contribution in [1.82, 2.24) is 15.0 Å². The number of aromatic nitrogens is 3. The first kappa shape index (κ1) is 17.5. The lowest BCUT2D eigenvalue weighted by Gasteiger charge is -2.12. The zero-order chi connectivity index (χ0) is 18.6. The van der Waals surface area contributed by atoms with Crippen molar-refractivity contribution < 1.29 is 9.47 Å². The number of rotatable bonds is 8. The quantitative estimate of drug-likeness (QED) is 0.604. The maximum Gasteiger partial charge on any atom is 0.229 e. The SMILES string of the molecule is CNc1ccnc(Nc2ccc(OC)c(OCc3ncc(C4CC4)s3)c2)n1. The number of anilines is 3. The van der Waals surface area contributed by atoms with E-state index in [2.05, 4.69) is 25.6 Å². The lowest BCUT2D eigenvalue weighted by atomic mass is 10.2. The van der Waals surface area contributed by atoms with Gasteiger partial charge in [-0.05, 0) is 37.0 Å². The van der Waals surface area contributed by atoms with Crippen LogP contribution in [0.1, 0.15) is 28.6 Å². The summed E-state index contributed by atoms with van der Waals surface area (Å²) < 4.78 is 11.4. The second kappa shape index (κ2) is 7.79. The number of hydrogen-bond donors (Lipinski definition) is 2. The second-order valence-electron chi connectivity index (χ2n) is 6.23. The van der Waals surface area contributed by atoms with Crippen LogP contribution in [0.5, 0.6) is 11.5 Å². The predicted octanol–water partition coefficient (Wildman–Crippen LogP) is 4.18. The third-order valence-corrected chi connectivity index (χ3v) is 5.37. The summed E-state index contributed by atoms with van der Waals surface area (Å²) in [5.41, 5.74) is 0.817. The molecule has 1 aromatic carbocycles. The first-order chi connectivity index (χ1) is 13.2. The Hall–Kier alpha value is -2.87. The summed E-state index contributed by atoms with van der Waals surface area (Å²) in [4.78, 5) is 14.4. The molecule has 1 saturated carbocycles. The molecule has 27 heavy (non-hydrogen) atoms. The van der Waals surface area contributed by atoms with E-state index in [1.54, 1.807) is 30.7 Å². The predicted molar refractivity (Wildman–Crippen MR) is 106 cm³/mol. The Morgan fingerprint density at radius 1 is 1.19 bits per heavy atom. The van der Waals surface area contributed by atoms with Crippen molar-refractivity contribution >= 4 is 28.8 Å². The van der Waals surface area contributed by atoms with E-state index in [4.69, 9.17) is 9.47 Å². The summed E-state index contributed by atoms with van der Waals surface area (Å²) in [6, 6.07) is 7.44. The van der Waals surface area contributed by atoms with Gasteiger partial charge in [0.15, 0.2) is 11.5 Å². The summed E-state index contributed by atoms with van der Waals surface area (Å²) >= 11 is 1.73. The summed E-state index contributed by atoms with van der Waals surface area (Å²) in [5, 5.41) is 7.15. The molecule has 7 nitrogen and oxygen atoms in total. The largest absolute Gasteiger partial charge is 0.493 e. The highest BCUT2D eigenvalue weighted by Gasteiger charge is 2.25. The average molecular weight is 383 g/mol. The van der Waals surface area contributed by atoms with E-state index in [1.807, 2.05) is 31.4 Å². The van der Waals surface area contributed by atoms with E-state index in [-0.39, 0.29) is 0 Å². The maximum atomic E-state index is 5.98. The topological polar surface area (TPSA) is 81.2 Å². The average Bonchev–Trinajstić information content (AvgIpc) is 3.45. The normalized spacial score (nSPS) is 13.3. The number of nitrogens with zero attached hydrogens (tertiary/aromatic N) is 3. The molecule has 0 spiro atoms. The number of benzene rings is 1. The minimum absolute atomic E-state index is 0.420. The molecule has 4 rings (SSSR count). The van der Waals surface area contributed by atoms with Gasteiger partial charge in [0, 0.05) is 36.1 Å². The van der Waals surface area contributed by atoms with Gasteiger partial charge in [0.2, 0.25) is 5.95 Å². The standard InChI is InChI=1S/C19H21N5O2S/c1-20-17-7-8-21-19(24-17)23-13-5-6-14(25-2)15(9-13)26-11-18-22-10-16(27-18)12-3-4-12/h5-10,12H,3-4,11H2,1-2H3,(H2,20,21,23,24). The second-order valence-corrected chi connectivity index (χ2v) is 7.37. The molecule has 1 fully saturated rings. The number of nitrogens with one attached hydrogen (secondary N) is 2. The van der Waals surface area contributed by atoms with E-state index in [0.29, 0.717) is 30.0 Å². The highest BCUT2D eigenvalue weighted by molar-refractivity contribution is 7.11. The molecule has 2 heterocycles. The van der Waals surface area contributed by atoms with Crippen molar-refractivity contribution in [3.05, 3.63) is 46.5 Å². The molecule has 0 amide bonds. The number of thiazole rings is 1. The third kappa shape index (κ3) is 4.28. The molecule has 3 aromatic rings. The van der Waals surface area contributed by atoms with Gasteiger partial charge in [-0.1, -0.05) is 0 Å². The molecule has 8 heteroatoms. The summed E-state index contributed by atoms with van der Waals surface area (Å²) in [5.74, 6) is 3.28. The van der Waals surface area contributed by atoms with Crippen LogP contribution in [-0.2, 0) is 6.61 Å². The van der Waals surface area contributed by atoms with Gasteiger partial charge in [0.05, 0.1) is 7.11 Å². The first-order valence-corrected chi connectivity index (χ1v) is 9.60. The van der Waals surface area contributed by atoms with Gasteiger partial charge in [0.25, 0.3) is 0 Å².